The molecule has 22 heavy (non-hydrogen) atoms. The fourth-order valence-corrected chi connectivity index (χ4v) is 3.58. The van der Waals surface area contributed by atoms with Gasteiger partial charge in [0.05, 0.1) is 5.69 Å². The first-order chi connectivity index (χ1) is 10.2. The maximum Gasteiger partial charge on any atom is 0.415 e. The number of anilines is 1. The van der Waals surface area contributed by atoms with E-state index in [1.54, 1.807) is 0 Å². The Morgan fingerprint density at radius 3 is 2.68 bits per heavy atom. The maximum absolute atomic E-state index is 12.8. The standard InChI is InChI=1S/C18H26BrNO2/c1-12(2)11-14-10-9-13-7-6-8-15(19)16(13)20(14)17(21)22-18(3,4)5/h6-8,12,14H,9-11H2,1-5H3. The molecule has 4 heteroatoms. The number of amides is 1. The number of hydrogen-bond donors (Lipinski definition) is 0. The van der Waals surface area contributed by atoms with Crippen LogP contribution in [0, 0.1) is 5.92 Å². The Morgan fingerprint density at radius 1 is 1.41 bits per heavy atom. The van der Waals surface area contributed by atoms with Crippen molar-refractivity contribution >= 4 is 27.7 Å². The van der Waals surface area contributed by atoms with Gasteiger partial charge in [-0.3, -0.25) is 4.90 Å². The summed E-state index contributed by atoms with van der Waals surface area (Å²) >= 11 is 3.61. The van der Waals surface area contributed by atoms with Crippen LogP contribution < -0.4 is 4.90 Å². The average Bonchev–Trinajstić information content (AvgIpc) is 2.36. The van der Waals surface area contributed by atoms with Crippen LogP contribution in [0.2, 0.25) is 0 Å². The van der Waals surface area contributed by atoms with E-state index in [9.17, 15) is 4.79 Å². The van der Waals surface area contributed by atoms with Gasteiger partial charge in [0.1, 0.15) is 5.60 Å². The number of halogens is 1. The summed E-state index contributed by atoms with van der Waals surface area (Å²) in [6, 6.07) is 6.32. The van der Waals surface area contributed by atoms with Crippen molar-refractivity contribution in [1.29, 1.82) is 0 Å². The number of hydrogen-bond acceptors (Lipinski definition) is 2. The molecule has 0 aliphatic carbocycles. The zero-order valence-electron chi connectivity index (χ0n) is 14.1. The van der Waals surface area contributed by atoms with Crippen molar-refractivity contribution in [2.75, 3.05) is 4.90 Å². The van der Waals surface area contributed by atoms with Crippen LogP contribution in [0.15, 0.2) is 22.7 Å². The molecule has 1 heterocycles. The van der Waals surface area contributed by atoms with E-state index in [0.717, 1.165) is 29.4 Å². The van der Waals surface area contributed by atoms with Crippen molar-refractivity contribution < 1.29 is 9.53 Å². The molecule has 0 N–H and O–H groups in total. The number of carbonyl (C=O) groups is 1. The van der Waals surface area contributed by atoms with Crippen LogP contribution in [-0.4, -0.2) is 17.7 Å². The molecule has 1 aliphatic heterocycles. The second kappa shape index (κ2) is 6.61. The normalized spacial score (nSPS) is 18.3. The number of fused-ring (bicyclic) bond motifs is 1. The van der Waals surface area contributed by atoms with Crippen LogP contribution in [0.3, 0.4) is 0 Å². The second-order valence-electron chi connectivity index (χ2n) is 7.42. The summed E-state index contributed by atoms with van der Waals surface area (Å²) in [5.41, 5.74) is 1.70. The minimum absolute atomic E-state index is 0.195. The fraction of sp³-hybridized carbons (Fsp3) is 0.611. The summed E-state index contributed by atoms with van der Waals surface area (Å²) in [7, 11) is 0. The van der Waals surface area contributed by atoms with Crippen molar-refractivity contribution in [3.8, 4) is 0 Å². The largest absolute Gasteiger partial charge is 0.443 e. The minimum atomic E-state index is -0.488. The van der Waals surface area contributed by atoms with Crippen molar-refractivity contribution in [3.63, 3.8) is 0 Å². The van der Waals surface area contributed by atoms with Gasteiger partial charge in [-0.05, 0) is 73.5 Å². The number of carbonyl (C=O) groups excluding carboxylic acids is 1. The first kappa shape index (κ1) is 17.3. The van der Waals surface area contributed by atoms with Crippen LogP contribution in [0.1, 0.15) is 53.0 Å². The van der Waals surface area contributed by atoms with Crippen LogP contribution in [-0.2, 0) is 11.2 Å². The van der Waals surface area contributed by atoms with Gasteiger partial charge in [-0.2, -0.15) is 0 Å². The lowest BCUT2D eigenvalue weighted by atomic mass is 9.91. The van der Waals surface area contributed by atoms with Gasteiger partial charge in [-0.25, -0.2) is 4.79 Å². The van der Waals surface area contributed by atoms with Gasteiger partial charge in [0.15, 0.2) is 0 Å². The zero-order valence-corrected chi connectivity index (χ0v) is 15.7. The van der Waals surface area contributed by atoms with Crippen LogP contribution in [0.4, 0.5) is 10.5 Å². The molecule has 1 aromatic rings. The molecule has 1 unspecified atom stereocenters. The first-order valence-electron chi connectivity index (χ1n) is 7.98. The number of ether oxygens (including phenoxy) is 1. The summed E-state index contributed by atoms with van der Waals surface area (Å²) in [6.45, 7) is 10.1. The van der Waals surface area contributed by atoms with E-state index in [0.29, 0.717) is 5.92 Å². The van der Waals surface area contributed by atoms with Crippen molar-refractivity contribution in [2.45, 2.75) is 65.5 Å². The number of nitrogens with zero attached hydrogens (tertiary/aromatic N) is 1. The molecular formula is C18H26BrNO2. The third kappa shape index (κ3) is 4.03. The smallest absolute Gasteiger partial charge is 0.415 e. The molecule has 2 rings (SSSR count). The van der Waals surface area contributed by atoms with Crippen LogP contribution in [0.5, 0.6) is 0 Å². The Labute approximate surface area is 142 Å². The summed E-state index contributed by atoms with van der Waals surface area (Å²) in [4.78, 5) is 14.7. The molecule has 3 nitrogen and oxygen atoms in total. The SMILES string of the molecule is CC(C)CC1CCc2cccc(Br)c2N1C(=O)OC(C)(C)C. The highest BCUT2D eigenvalue weighted by molar-refractivity contribution is 9.10. The van der Waals surface area contributed by atoms with E-state index < -0.39 is 5.60 Å². The van der Waals surface area contributed by atoms with E-state index in [1.807, 2.05) is 37.8 Å². The van der Waals surface area contributed by atoms with Gasteiger partial charge in [-0.15, -0.1) is 0 Å². The fourth-order valence-electron chi connectivity index (χ4n) is 2.98. The van der Waals surface area contributed by atoms with Crippen molar-refractivity contribution in [3.05, 3.63) is 28.2 Å². The van der Waals surface area contributed by atoms with Crippen LogP contribution in [0.25, 0.3) is 0 Å². The monoisotopic (exact) mass is 367 g/mol. The Morgan fingerprint density at radius 2 is 2.09 bits per heavy atom. The second-order valence-corrected chi connectivity index (χ2v) is 8.27. The molecule has 0 bridgehead atoms. The molecule has 0 radical (unpaired) electrons. The van der Waals surface area contributed by atoms with Gasteiger partial charge >= 0.3 is 6.09 Å². The van der Waals surface area contributed by atoms with Gasteiger partial charge in [0, 0.05) is 10.5 Å². The highest BCUT2D eigenvalue weighted by Gasteiger charge is 2.35. The Balaban J connectivity index is 2.40. The summed E-state index contributed by atoms with van der Waals surface area (Å²) in [6.07, 6.45) is 2.73. The third-order valence-corrected chi connectivity index (χ3v) is 4.40. The molecule has 1 atom stereocenters. The molecule has 0 aromatic heterocycles. The van der Waals surface area contributed by atoms with Crippen molar-refractivity contribution in [2.24, 2.45) is 5.92 Å². The molecule has 122 valence electrons. The average molecular weight is 368 g/mol. The lowest BCUT2D eigenvalue weighted by Gasteiger charge is -2.39. The number of benzene rings is 1. The van der Waals surface area contributed by atoms with E-state index in [2.05, 4.69) is 35.8 Å². The predicted octanol–water partition coefficient (Wildman–Crippen LogP) is 5.55. The topological polar surface area (TPSA) is 29.5 Å². The van der Waals surface area contributed by atoms with Crippen molar-refractivity contribution in [1.82, 2.24) is 0 Å². The highest BCUT2D eigenvalue weighted by atomic mass is 79.9. The Bertz CT molecular complexity index is 549. The highest BCUT2D eigenvalue weighted by Crippen LogP contribution is 2.39. The summed E-state index contributed by atoms with van der Waals surface area (Å²) < 4.78 is 6.63. The zero-order chi connectivity index (χ0) is 16.5. The maximum atomic E-state index is 12.8. The van der Waals surface area contributed by atoms with Gasteiger partial charge in [0.2, 0.25) is 0 Å². The van der Waals surface area contributed by atoms with Crippen LogP contribution >= 0.6 is 15.9 Å². The van der Waals surface area contributed by atoms with E-state index in [4.69, 9.17) is 4.74 Å². The first-order valence-corrected chi connectivity index (χ1v) is 8.78. The summed E-state index contributed by atoms with van der Waals surface area (Å²) in [5.74, 6) is 0.541. The molecule has 0 fully saturated rings. The molecule has 0 spiro atoms. The molecule has 1 aromatic carbocycles. The number of para-hydroxylation sites is 1. The van der Waals surface area contributed by atoms with E-state index in [-0.39, 0.29) is 12.1 Å². The number of rotatable bonds is 2. The van der Waals surface area contributed by atoms with E-state index in [1.165, 1.54) is 5.56 Å². The Hall–Kier alpha value is -1.03. The molecule has 1 amide bonds. The summed E-state index contributed by atoms with van der Waals surface area (Å²) in [5, 5.41) is 0. The lowest BCUT2D eigenvalue weighted by Crippen LogP contribution is -2.47. The lowest BCUT2D eigenvalue weighted by molar-refractivity contribution is 0.0556. The third-order valence-electron chi connectivity index (χ3n) is 3.76. The van der Waals surface area contributed by atoms with Gasteiger partial charge in [-0.1, -0.05) is 26.0 Å². The molecular weight excluding hydrogens is 342 g/mol. The molecule has 0 saturated carbocycles. The van der Waals surface area contributed by atoms with Gasteiger partial charge in [0.25, 0.3) is 0 Å². The number of aryl methyl sites for hydroxylation is 1. The molecule has 0 saturated heterocycles. The van der Waals surface area contributed by atoms with E-state index >= 15 is 0 Å². The molecule has 1 aliphatic rings. The predicted molar refractivity (Wildman–Crippen MR) is 94.4 cm³/mol. The van der Waals surface area contributed by atoms with Gasteiger partial charge < -0.3 is 4.74 Å². The Kier molecular flexibility index (Phi) is 5.21. The minimum Gasteiger partial charge on any atom is -0.443 e. The quantitative estimate of drug-likeness (QED) is 0.685.